The van der Waals surface area contributed by atoms with E-state index in [1.165, 1.54) is 0 Å². The van der Waals surface area contributed by atoms with Gasteiger partial charge in [-0.15, -0.1) is 0 Å². The van der Waals surface area contributed by atoms with Crippen LogP contribution in [0.5, 0.6) is 0 Å². The van der Waals surface area contributed by atoms with Crippen LogP contribution < -0.4 is 6.15 Å². The second-order valence-electron chi connectivity index (χ2n) is 2.48. The lowest BCUT2D eigenvalue weighted by Crippen LogP contribution is -2.21. The number of carboxylic acids is 1. The van der Waals surface area contributed by atoms with Gasteiger partial charge in [0.05, 0.1) is 19.8 Å². The Morgan fingerprint density at radius 2 is 1.71 bits per heavy atom. The molecule has 0 aliphatic carbocycles. The van der Waals surface area contributed by atoms with Gasteiger partial charge in [0.1, 0.15) is 6.42 Å². The van der Waals surface area contributed by atoms with Crippen LogP contribution in [0.1, 0.15) is 6.42 Å². The van der Waals surface area contributed by atoms with Crippen LogP contribution in [0.3, 0.4) is 0 Å². The molecule has 0 atom stereocenters. The second kappa shape index (κ2) is 8.42. The number of carbonyl (C=O) groups excluding carboxylic acids is 1. The summed E-state index contributed by atoms with van der Waals surface area (Å²) < 4.78 is 4.46. The Hall–Kier alpha value is -1.18. The minimum Gasteiger partial charge on any atom is -0.481 e. The van der Waals surface area contributed by atoms with Crippen LogP contribution in [-0.2, 0) is 14.3 Å². The van der Waals surface area contributed by atoms with E-state index >= 15 is 0 Å². The number of esters is 1. The average Bonchev–Trinajstić information content (AvgIpc) is 2.05. The first-order valence-electron chi connectivity index (χ1n) is 3.69. The van der Waals surface area contributed by atoms with E-state index in [9.17, 15) is 9.59 Å². The maximum atomic E-state index is 10.6. The zero-order valence-corrected chi connectivity index (χ0v) is 7.68. The second-order valence-corrected chi connectivity index (χ2v) is 2.48. The Morgan fingerprint density at radius 1 is 1.21 bits per heavy atom. The molecule has 7 heteroatoms. The fourth-order valence-electron chi connectivity index (χ4n) is 0.548. The molecule has 0 radical (unpaired) electrons. The lowest BCUT2D eigenvalue weighted by Gasteiger charge is -2.10. The first-order valence-corrected chi connectivity index (χ1v) is 3.69. The number of aliphatic carboxylic acids is 1. The fraction of sp³-hybridized carbons (Fsp3) is 0.714. The number of carboxylic acid groups (broad SMARTS) is 1. The predicted molar refractivity (Wildman–Crippen MR) is 45.9 cm³/mol. The molecule has 0 aromatic carbocycles. The SMILES string of the molecule is N.O=C(O)CC(=O)OCC(CO)CO. The first-order chi connectivity index (χ1) is 6.10. The van der Waals surface area contributed by atoms with Gasteiger partial charge in [-0.3, -0.25) is 9.59 Å². The van der Waals surface area contributed by atoms with Crippen LogP contribution in [0.15, 0.2) is 0 Å². The minimum atomic E-state index is -1.27. The molecule has 0 unspecified atom stereocenters. The van der Waals surface area contributed by atoms with Crippen LogP contribution in [0.25, 0.3) is 0 Å². The van der Waals surface area contributed by atoms with Crippen LogP contribution in [-0.4, -0.2) is 47.1 Å². The fourth-order valence-corrected chi connectivity index (χ4v) is 0.548. The highest BCUT2D eigenvalue weighted by atomic mass is 16.5. The van der Waals surface area contributed by atoms with Crippen LogP contribution in [0, 0.1) is 5.92 Å². The maximum Gasteiger partial charge on any atom is 0.317 e. The van der Waals surface area contributed by atoms with E-state index in [1.807, 2.05) is 0 Å². The molecular weight excluding hydrogens is 194 g/mol. The maximum absolute atomic E-state index is 10.6. The van der Waals surface area contributed by atoms with Crippen molar-refractivity contribution >= 4 is 11.9 Å². The van der Waals surface area contributed by atoms with Crippen molar-refractivity contribution in [2.75, 3.05) is 19.8 Å². The van der Waals surface area contributed by atoms with Crippen molar-refractivity contribution in [1.29, 1.82) is 0 Å². The third-order valence-electron chi connectivity index (χ3n) is 1.29. The molecule has 0 rings (SSSR count). The normalized spacial score (nSPS) is 9.36. The van der Waals surface area contributed by atoms with Crippen molar-refractivity contribution in [3.63, 3.8) is 0 Å². The third kappa shape index (κ3) is 7.47. The number of hydrogen-bond acceptors (Lipinski definition) is 6. The van der Waals surface area contributed by atoms with Crippen LogP contribution >= 0.6 is 0 Å². The van der Waals surface area contributed by atoms with E-state index in [4.69, 9.17) is 15.3 Å². The summed E-state index contributed by atoms with van der Waals surface area (Å²) in [4.78, 5) is 20.6. The summed E-state index contributed by atoms with van der Waals surface area (Å²) >= 11 is 0. The number of aliphatic hydroxyl groups excluding tert-OH is 2. The summed E-state index contributed by atoms with van der Waals surface area (Å²) in [6, 6.07) is 0. The topological polar surface area (TPSA) is 139 Å². The van der Waals surface area contributed by atoms with Crippen molar-refractivity contribution in [2.45, 2.75) is 6.42 Å². The predicted octanol–water partition coefficient (Wildman–Crippen LogP) is -1.23. The summed E-state index contributed by atoms with van der Waals surface area (Å²) in [5, 5.41) is 25.3. The van der Waals surface area contributed by atoms with Crippen molar-refractivity contribution in [3.05, 3.63) is 0 Å². The minimum absolute atomic E-state index is 0. The monoisotopic (exact) mass is 209 g/mol. The van der Waals surface area contributed by atoms with Gasteiger partial charge in [-0.1, -0.05) is 0 Å². The molecule has 0 saturated heterocycles. The largest absolute Gasteiger partial charge is 0.481 e. The van der Waals surface area contributed by atoms with E-state index in [0.29, 0.717) is 0 Å². The highest BCUT2D eigenvalue weighted by molar-refractivity contribution is 5.90. The van der Waals surface area contributed by atoms with Gasteiger partial charge in [-0.05, 0) is 0 Å². The quantitative estimate of drug-likeness (QED) is 0.317. The van der Waals surface area contributed by atoms with Gasteiger partial charge in [0.15, 0.2) is 0 Å². The number of hydrogen-bond donors (Lipinski definition) is 4. The lowest BCUT2D eigenvalue weighted by molar-refractivity contribution is -0.152. The molecule has 0 aromatic heterocycles. The Kier molecular flexibility index (Phi) is 9.20. The Bertz CT molecular complexity index is 179. The Balaban J connectivity index is 0. The van der Waals surface area contributed by atoms with Gasteiger partial charge in [-0.25, -0.2) is 0 Å². The zero-order chi connectivity index (χ0) is 10.3. The number of ether oxygens (including phenoxy) is 1. The van der Waals surface area contributed by atoms with Gasteiger partial charge in [0.2, 0.25) is 0 Å². The summed E-state index contributed by atoms with van der Waals surface area (Å²) in [5.74, 6) is -2.69. The van der Waals surface area contributed by atoms with E-state index in [1.54, 1.807) is 0 Å². The highest BCUT2D eigenvalue weighted by Crippen LogP contribution is 1.96. The molecule has 0 amide bonds. The number of aliphatic hydroxyl groups is 2. The van der Waals surface area contributed by atoms with Gasteiger partial charge >= 0.3 is 11.9 Å². The van der Waals surface area contributed by atoms with Crippen LogP contribution in [0.2, 0.25) is 0 Å². The Morgan fingerprint density at radius 3 is 2.07 bits per heavy atom. The van der Waals surface area contributed by atoms with E-state index in [0.717, 1.165) is 0 Å². The number of carbonyl (C=O) groups is 2. The van der Waals surface area contributed by atoms with Crippen molar-refractivity contribution in [1.82, 2.24) is 6.15 Å². The van der Waals surface area contributed by atoms with Crippen molar-refractivity contribution in [3.8, 4) is 0 Å². The van der Waals surface area contributed by atoms with Gasteiger partial charge in [-0.2, -0.15) is 0 Å². The molecule has 84 valence electrons. The van der Waals surface area contributed by atoms with Gasteiger partial charge in [0, 0.05) is 5.92 Å². The molecule has 0 heterocycles. The molecular formula is C7H15NO6. The van der Waals surface area contributed by atoms with Crippen molar-refractivity contribution < 1.29 is 29.6 Å². The molecule has 14 heavy (non-hydrogen) atoms. The summed E-state index contributed by atoms with van der Waals surface area (Å²) in [7, 11) is 0. The van der Waals surface area contributed by atoms with Crippen LogP contribution in [0.4, 0.5) is 0 Å². The van der Waals surface area contributed by atoms with E-state index in [-0.39, 0.29) is 26.0 Å². The molecule has 7 nitrogen and oxygen atoms in total. The van der Waals surface area contributed by atoms with E-state index in [2.05, 4.69) is 4.74 Å². The molecule has 0 spiro atoms. The molecule has 0 aliphatic rings. The zero-order valence-electron chi connectivity index (χ0n) is 7.68. The first kappa shape index (κ1) is 15.3. The third-order valence-corrected chi connectivity index (χ3v) is 1.29. The summed E-state index contributed by atoms with van der Waals surface area (Å²) in [5.41, 5.74) is 0. The average molecular weight is 209 g/mol. The lowest BCUT2D eigenvalue weighted by atomic mass is 10.2. The summed E-state index contributed by atoms with van der Waals surface area (Å²) in [6.45, 7) is -0.785. The molecule has 0 aliphatic heterocycles. The number of rotatable bonds is 6. The van der Waals surface area contributed by atoms with Gasteiger partial charge < -0.3 is 26.2 Å². The standard InChI is InChI=1S/C7H12O6.H3N/c8-2-5(3-9)4-13-7(12)1-6(10)11;/h5,8-9H,1-4H2,(H,10,11);1H3. The molecule has 6 N–H and O–H groups in total. The van der Waals surface area contributed by atoms with Gasteiger partial charge in [0.25, 0.3) is 0 Å². The molecule has 0 fully saturated rings. The molecule has 0 bridgehead atoms. The van der Waals surface area contributed by atoms with Crippen molar-refractivity contribution in [2.24, 2.45) is 5.92 Å². The van der Waals surface area contributed by atoms with E-state index < -0.39 is 24.3 Å². The Labute approximate surface area is 80.9 Å². The highest BCUT2D eigenvalue weighted by Gasteiger charge is 2.12. The summed E-state index contributed by atoms with van der Waals surface area (Å²) in [6.07, 6.45) is -0.705. The molecule has 0 aromatic rings. The smallest absolute Gasteiger partial charge is 0.317 e. The molecule has 0 saturated carbocycles.